The Morgan fingerprint density at radius 3 is 2.42 bits per heavy atom. The molecule has 0 spiro atoms. The number of anilines is 2. The summed E-state index contributed by atoms with van der Waals surface area (Å²) in [5.74, 6) is -7.18. The SMILES string of the molecule is CC1(C)c2nc(-c3ccc(F)c(F)c3)c(Nc3ccc(C(F)(F)CF)c(F)c3)n2CCN1C(=O)CN. The molecule has 0 atom stereocenters. The fourth-order valence-electron chi connectivity index (χ4n) is 4.35. The van der Waals surface area contributed by atoms with Crippen LogP contribution in [-0.2, 0) is 22.8 Å². The van der Waals surface area contributed by atoms with Gasteiger partial charge in [-0.25, -0.2) is 22.5 Å². The lowest BCUT2D eigenvalue weighted by molar-refractivity contribution is -0.137. The van der Waals surface area contributed by atoms with Crippen LogP contribution in [0, 0.1) is 17.5 Å². The second-order valence-corrected chi connectivity index (χ2v) is 8.88. The van der Waals surface area contributed by atoms with Gasteiger partial charge >= 0.3 is 5.92 Å². The van der Waals surface area contributed by atoms with E-state index in [1.165, 1.54) is 6.07 Å². The van der Waals surface area contributed by atoms with Crippen LogP contribution in [0.1, 0.15) is 25.2 Å². The van der Waals surface area contributed by atoms with E-state index >= 15 is 0 Å². The van der Waals surface area contributed by atoms with E-state index < -0.39 is 41.2 Å². The first-order valence-corrected chi connectivity index (χ1v) is 11.0. The second-order valence-electron chi connectivity index (χ2n) is 8.88. The number of alkyl halides is 3. The van der Waals surface area contributed by atoms with E-state index in [2.05, 4.69) is 10.3 Å². The van der Waals surface area contributed by atoms with E-state index in [9.17, 15) is 31.1 Å². The van der Waals surface area contributed by atoms with Crippen molar-refractivity contribution in [3.8, 4) is 11.3 Å². The molecule has 3 aromatic rings. The van der Waals surface area contributed by atoms with Crippen molar-refractivity contribution in [1.29, 1.82) is 0 Å². The molecular formula is C24H23F6N5O. The van der Waals surface area contributed by atoms with Gasteiger partial charge in [0.05, 0.1) is 17.6 Å². The first-order valence-electron chi connectivity index (χ1n) is 11.0. The van der Waals surface area contributed by atoms with Crippen molar-refractivity contribution in [2.75, 3.05) is 25.1 Å². The predicted molar refractivity (Wildman–Crippen MR) is 121 cm³/mol. The van der Waals surface area contributed by atoms with Gasteiger partial charge in [0, 0.05) is 24.3 Å². The van der Waals surface area contributed by atoms with Gasteiger partial charge in [-0.1, -0.05) is 0 Å². The Morgan fingerprint density at radius 2 is 1.81 bits per heavy atom. The van der Waals surface area contributed by atoms with E-state index in [4.69, 9.17) is 5.73 Å². The van der Waals surface area contributed by atoms with Crippen molar-refractivity contribution in [2.24, 2.45) is 5.73 Å². The minimum absolute atomic E-state index is 0.0377. The summed E-state index contributed by atoms with van der Waals surface area (Å²) in [6, 6.07) is 5.87. The molecule has 6 nitrogen and oxygen atoms in total. The van der Waals surface area contributed by atoms with Crippen LogP contribution in [0.25, 0.3) is 11.3 Å². The number of nitrogens with two attached hydrogens (primary N) is 1. The van der Waals surface area contributed by atoms with Crippen molar-refractivity contribution in [3.63, 3.8) is 0 Å². The summed E-state index contributed by atoms with van der Waals surface area (Å²) < 4.78 is 83.9. The molecule has 36 heavy (non-hydrogen) atoms. The summed E-state index contributed by atoms with van der Waals surface area (Å²) >= 11 is 0. The predicted octanol–water partition coefficient (Wildman–Crippen LogP) is 4.81. The maximum atomic E-state index is 14.5. The maximum absolute atomic E-state index is 14.5. The molecule has 0 aliphatic carbocycles. The Labute approximate surface area is 202 Å². The van der Waals surface area contributed by atoms with E-state index in [0.29, 0.717) is 5.82 Å². The number of aromatic nitrogens is 2. The largest absolute Gasteiger partial charge is 0.340 e. The number of nitrogens with zero attached hydrogens (tertiary/aromatic N) is 3. The molecule has 0 fully saturated rings. The Bertz CT molecular complexity index is 1320. The van der Waals surface area contributed by atoms with E-state index in [1.54, 1.807) is 23.3 Å². The molecule has 4 rings (SSSR count). The minimum Gasteiger partial charge on any atom is -0.340 e. The number of carbonyl (C=O) groups excluding carboxylic acids is 1. The molecule has 0 saturated carbocycles. The molecule has 1 aliphatic rings. The van der Waals surface area contributed by atoms with Gasteiger partial charge in [-0.15, -0.1) is 0 Å². The number of amides is 1. The number of imidazole rings is 1. The monoisotopic (exact) mass is 511 g/mol. The molecule has 1 aliphatic heterocycles. The standard InChI is InChI=1S/C24H23F6N5O/c1-23(2)22-33-20(13-3-6-16(26)18(28)9-13)21(34(22)7-8-35(23)19(36)11-31)32-14-4-5-15(17(27)10-14)24(29,30)12-25/h3-6,9-10,32H,7-8,11-12,31H2,1-2H3. The number of hydrogen-bond donors (Lipinski definition) is 2. The van der Waals surface area contributed by atoms with E-state index in [1.807, 2.05) is 0 Å². The van der Waals surface area contributed by atoms with Crippen LogP contribution in [-0.4, -0.2) is 40.1 Å². The molecule has 0 radical (unpaired) electrons. The van der Waals surface area contributed by atoms with Crippen molar-refractivity contribution in [1.82, 2.24) is 14.5 Å². The molecule has 192 valence electrons. The van der Waals surface area contributed by atoms with Crippen LogP contribution in [0.4, 0.5) is 37.8 Å². The zero-order valence-corrected chi connectivity index (χ0v) is 19.4. The maximum Gasteiger partial charge on any atom is 0.303 e. The molecule has 3 N–H and O–H groups in total. The number of halogens is 6. The fraction of sp³-hybridized carbons (Fsp3) is 0.333. The summed E-state index contributed by atoms with van der Waals surface area (Å²) in [6.45, 7) is 1.68. The van der Waals surface area contributed by atoms with Crippen LogP contribution in [0.15, 0.2) is 36.4 Å². The number of fused-ring (bicyclic) bond motifs is 1. The van der Waals surface area contributed by atoms with Crippen LogP contribution in [0.5, 0.6) is 0 Å². The van der Waals surface area contributed by atoms with Crippen LogP contribution in [0.2, 0.25) is 0 Å². The summed E-state index contributed by atoms with van der Waals surface area (Å²) in [7, 11) is 0. The zero-order valence-electron chi connectivity index (χ0n) is 19.4. The van der Waals surface area contributed by atoms with Crippen LogP contribution in [0.3, 0.4) is 0 Å². The van der Waals surface area contributed by atoms with Gasteiger partial charge in [-0.3, -0.25) is 4.79 Å². The summed E-state index contributed by atoms with van der Waals surface area (Å²) in [5, 5.41) is 2.92. The lowest BCUT2D eigenvalue weighted by Gasteiger charge is -2.42. The molecule has 2 heterocycles. The van der Waals surface area contributed by atoms with Crippen LogP contribution >= 0.6 is 0 Å². The quantitative estimate of drug-likeness (QED) is 0.466. The number of hydrogen-bond acceptors (Lipinski definition) is 4. The molecule has 0 bridgehead atoms. The molecule has 1 amide bonds. The molecule has 0 unspecified atom stereocenters. The Balaban J connectivity index is 1.85. The third-order valence-corrected chi connectivity index (χ3v) is 6.20. The fourth-order valence-corrected chi connectivity index (χ4v) is 4.35. The highest BCUT2D eigenvalue weighted by Crippen LogP contribution is 2.40. The molecular weight excluding hydrogens is 488 g/mol. The Morgan fingerprint density at radius 1 is 1.08 bits per heavy atom. The Kier molecular flexibility index (Phi) is 6.50. The smallest absolute Gasteiger partial charge is 0.303 e. The normalized spacial score (nSPS) is 15.1. The van der Waals surface area contributed by atoms with Gasteiger partial charge in [0.1, 0.15) is 23.2 Å². The number of carbonyl (C=O) groups is 1. The molecule has 1 aromatic heterocycles. The lowest BCUT2D eigenvalue weighted by Crippen LogP contribution is -2.53. The summed E-state index contributed by atoms with van der Waals surface area (Å²) in [6.07, 6.45) is 0. The third-order valence-electron chi connectivity index (χ3n) is 6.20. The highest BCUT2D eigenvalue weighted by Gasteiger charge is 2.41. The zero-order chi connectivity index (χ0) is 26.4. The molecule has 0 saturated heterocycles. The van der Waals surface area contributed by atoms with Gasteiger partial charge in [0.2, 0.25) is 5.91 Å². The van der Waals surface area contributed by atoms with E-state index in [0.717, 1.165) is 30.3 Å². The highest BCUT2D eigenvalue weighted by atomic mass is 19.3. The average Bonchev–Trinajstić information content (AvgIpc) is 3.20. The van der Waals surface area contributed by atoms with Gasteiger partial charge in [-0.2, -0.15) is 8.78 Å². The van der Waals surface area contributed by atoms with Gasteiger partial charge in [-0.05, 0) is 50.2 Å². The van der Waals surface area contributed by atoms with Gasteiger partial charge in [0.15, 0.2) is 18.3 Å². The van der Waals surface area contributed by atoms with Gasteiger partial charge < -0.3 is 20.5 Å². The van der Waals surface area contributed by atoms with Crippen molar-refractivity contribution < 1.29 is 31.1 Å². The number of nitrogens with one attached hydrogen (secondary N) is 1. The minimum atomic E-state index is -3.99. The number of rotatable bonds is 6. The third kappa shape index (κ3) is 4.29. The lowest BCUT2D eigenvalue weighted by atomic mass is 9.99. The van der Waals surface area contributed by atoms with Crippen molar-refractivity contribution in [3.05, 3.63) is 65.2 Å². The summed E-state index contributed by atoms with van der Waals surface area (Å²) in [4.78, 5) is 18.6. The first-order chi connectivity index (χ1) is 16.9. The van der Waals surface area contributed by atoms with Crippen molar-refractivity contribution >= 4 is 17.4 Å². The van der Waals surface area contributed by atoms with Gasteiger partial charge in [0.25, 0.3) is 0 Å². The van der Waals surface area contributed by atoms with Crippen molar-refractivity contribution in [2.45, 2.75) is 31.9 Å². The molecule has 12 heteroatoms. The van der Waals surface area contributed by atoms with Crippen LogP contribution < -0.4 is 11.1 Å². The highest BCUT2D eigenvalue weighted by molar-refractivity contribution is 5.80. The topological polar surface area (TPSA) is 76.2 Å². The first kappa shape index (κ1) is 25.5. The second kappa shape index (κ2) is 9.16. The average molecular weight is 511 g/mol. The Hall–Kier alpha value is -3.54. The van der Waals surface area contributed by atoms with E-state index in [-0.39, 0.29) is 48.3 Å². The number of benzene rings is 2. The summed E-state index contributed by atoms with van der Waals surface area (Å²) in [5.41, 5.74) is 3.89. The molecule has 2 aromatic carbocycles.